The summed E-state index contributed by atoms with van der Waals surface area (Å²) in [5, 5.41) is 7.45. The van der Waals surface area contributed by atoms with Gasteiger partial charge < -0.3 is 9.64 Å². The molecule has 27 heavy (non-hydrogen) atoms. The summed E-state index contributed by atoms with van der Waals surface area (Å²) < 4.78 is 5.35. The number of ether oxygens (including phenoxy) is 1. The van der Waals surface area contributed by atoms with Crippen LogP contribution in [-0.4, -0.2) is 46.2 Å². The fraction of sp³-hybridized carbons (Fsp3) is 0.500. The van der Waals surface area contributed by atoms with Crippen molar-refractivity contribution in [3.8, 4) is 0 Å². The molecule has 1 N–H and O–H groups in total. The summed E-state index contributed by atoms with van der Waals surface area (Å²) in [6.45, 7) is 1.60. The van der Waals surface area contributed by atoms with Gasteiger partial charge in [-0.3, -0.25) is 14.4 Å². The van der Waals surface area contributed by atoms with Gasteiger partial charge in [0.05, 0.1) is 17.5 Å². The quantitative estimate of drug-likeness (QED) is 0.814. The molecule has 0 spiro atoms. The average molecular weight is 371 g/mol. The van der Waals surface area contributed by atoms with Gasteiger partial charge in [-0.1, -0.05) is 37.5 Å². The van der Waals surface area contributed by atoms with Crippen LogP contribution in [0, 0.1) is 0 Å². The van der Waals surface area contributed by atoms with Crippen molar-refractivity contribution in [1.82, 2.24) is 15.1 Å². The lowest BCUT2D eigenvalue weighted by atomic mass is 9.94. The number of nitrogens with zero attached hydrogens (tertiary/aromatic N) is 2. The van der Waals surface area contributed by atoms with E-state index in [1.165, 1.54) is 6.42 Å². The van der Waals surface area contributed by atoms with Crippen LogP contribution in [0.15, 0.2) is 29.1 Å². The second-order valence-electron chi connectivity index (χ2n) is 7.09. The minimum absolute atomic E-state index is 0.109. The molecule has 0 bridgehead atoms. The van der Waals surface area contributed by atoms with Crippen molar-refractivity contribution < 1.29 is 14.3 Å². The SMILES string of the molecule is C[C@H](OC(=O)Cc1n[nH]c(=O)c2ccccc12)C(=O)N(C)C1CCCCC1. The summed E-state index contributed by atoms with van der Waals surface area (Å²) in [5.41, 5.74) is 0.121. The molecule has 1 saturated carbocycles. The number of benzene rings is 1. The third kappa shape index (κ3) is 4.35. The monoisotopic (exact) mass is 371 g/mol. The number of esters is 1. The Kier molecular flexibility index (Phi) is 5.88. The molecule has 1 heterocycles. The van der Waals surface area contributed by atoms with Gasteiger partial charge in [-0.2, -0.15) is 5.10 Å². The molecule has 3 rings (SSSR count). The maximum Gasteiger partial charge on any atom is 0.312 e. The van der Waals surface area contributed by atoms with E-state index in [2.05, 4.69) is 10.2 Å². The molecule has 1 aliphatic carbocycles. The smallest absolute Gasteiger partial charge is 0.312 e. The first-order chi connectivity index (χ1) is 13.0. The molecule has 0 aliphatic heterocycles. The topological polar surface area (TPSA) is 92.4 Å². The van der Waals surface area contributed by atoms with Crippen LogP contribution in [-0.2, 0) is 20.7 Å². The highest BCUT2D eigenvalue weighted by Crippen LogP contribution is 2.22. The minimum Gasteiger partial charge on any atom is -0.452 e. The van der Waals surface area contributed by atoms with Crippen LogP contribution in [0.1, 0.15) is 44.7 Å². The summed E-state index contributed by atoms with van der Waals surface area (Å²) in [5.74, 6) is -0.730. The lowest BCUT2D eigenvalue weighted by Gasteiger charge is -2.32. The Labute approximate surface area is 157 Å². The minimum atomic E-state index is -0.849. The van der Waals surface area contributed by atoms with Gasteiger partial charge in [0.1, 0.15) is 0 Å². The highest BCUT2D eigenvalue weighted by molar-refractivity contribution is 5.88. The second kappa shape index (κ2) is 8.33. The number of aromatic amines is 1. The van der Waals surface area contributed by atoms with E-state index in [-0.39, 0.29) is 23.9 Å². The molecule has 1 atom stereocenters. The van der Waals surface area contributed by atoms with Crippen LogP contribution in [0.5, 0.6) is 0 Å². The number of hydrogen-bond acceptors (Lipinski definition) is 5. The fourth-order valence-electron chi connectivity index (χ4n) is 3.67. The maximum absolute atomic E-state index is 12.6. The van der Waals surface area contributed by atoms with Crippen molar-refractivity contribution in [2.45, 2.75) is 57.6 Å². The summed E-state index contributed by atoms with van der Waals surface area (Å²) in [7, 11) is 1.78. The highest BCUT2D eigenvalue weighted by atomic mass is 16.5. The van der Waals surface area contributed by atoms with E-state index < -0.39 is 12.1 Å². The molecule has 1 fully saturated rings. The number of carbonyl (C=O) groups is 2. The molecule has 0 unspecified atom stereocenters. The Morgan fingerprint density at radius 2 is 1.89 bits per heavy atom. The van der Waals surface area contributed by atoms with Gasteiger partial charge >= 0.3 is 5.97 Å². The Hall–Kier alpha value is -2.70. The second-order valence-corrected chi connectivity index (χ2v) is 7.09. The van der Waals surface area contributed by atoms with Crippen molar-refractivity contribution in [3.05, 3.63) is 40.3 Å². The van der Waals surface area contributed by atoms with Crippen LogP contribution >= 0.6 is 0 Å². The van der Waals surface area contributed by atoms with E-state index in [1.54, 1.807) is 43.1 Å². The van der Waals surface area contributed by atoms with Gasteiger partial charge in [0, 0.05) is 18.5 Å². The van der Waals surface area contributed by atoms with Gasteiger partial charge in [0.25, 0.3) is 11.5 Å². The molecule has 1 aromatic carbocycles. The fourth-order valence-corrected chi connectivity index (χ4v) is 3.67. The van der Waals surface area contributed by atoms with E-state index in [1.807, 2.05) is 0 Å². The van der Waals surface area contributed by atoms with E-state index in [0.29, 0.717) is 16.5 Å². The molecular weight excluding hydrogens is 346 g/mol. The highest BCUT2D eigenvalue weighted by Gasteiger charge is 2.27. The van der Waals surface area contributed by atoms with Crippen LogP contribution < -0.4 is 5.56 Å². The molecule has 7 heteroatoms. The number of hydrogen-bond donors (Lipinski definition) is 1. The van der Waals surface area contributed by atoms with Crippen molar-refractivity contribution in [2.75, 3.05) is 7.05 Å². The Morgan fingerprint density at radius 3 is 2.59 bits per heavy atom. The number of aromatic nitrogens is 2. The molecule has 144 valence electrons. The molecular formula is C20H25N3O4. The molecule has 7 nitrogen and oxygen atoms in total. The van der Waals surface area contributed by atoms with Gasteiger partial charge in [-0.05, 0) is 25.8 Å². The van der Waals surface area contributed by atoms with Crippen molar-refractivity contribution in [2.24, 2.45) is 0 Å². The van der Waals surface area contributed by atoms with Crippen molar-refractivity contribution in [3.63, 3.8) is 0 Å². The predicted octanol–water partition coefficient (Wildman–Crippen LogP) is 2.19. The standard InChI is InChI=1S/C20H25N3O4/c1-13(20(26)23(2)14-8-4-3-5-9-14)27-18(24)12-17-15-10-6-7-11-16(15)19(25)22-21-17/h6-7,10-11,13-14H,3-5,8-9,12H2,1-2H3,(H,22,25)/t13-/m0/s1. The van der Waals surface area contributed by atoms with Gasteiger partial charge in [-0.15, -0.1) is 0 Å². The summed E-state index contributed by atoms with van der Waals surface area (Å²) in [4.78, 5) is 38.4. The molecule has 1 aromatic heterocycles. The van der Waals surface area contributed by atoms with E-state index in [4.69, 9.17) is 4.74 Å². The number of amides is 1. The Morgan fingerprint density at radius 1 is 1.22 bits per heavy atom. The van der Waals surface area contributed by atoms with Crippen LogP contribution in [0.3, 0.4) is 0 Å². The molecule has 2 aromatic rings. The number of H-pyrrole nitrogens is 1. The maximum atomic E-state index is 12.6. The number of rotatable bonds is 5. The first kappa shape index (κ1) is 19.1. The normalized spacial score (nSPS) is 16.1. The number of fused-ring (bicyclic) bond motifs is 1. The third-order valence-electron chi connectivity index (χ3n) is 5.21. The Bertz CT molecular complexity index is 886. The van der Waals surface area contributed by atoms with E-state index in [0.717, 1.165) is 25.7 Å². The lowest BCUT2D eigenvalue weighted by Crippen LogP contribution is -2.44. The lowest BCUT2D eigenvalue weighted by molar-refractivity contribution is -0.159. The molecule has 1 aliphatic rings. The zero-order valence-corrected chi connectivity index (χ0v) is 15.7. The van der Waals surface area contributed by atoms with Crippen LogP contribution in [0.2, 0.25) is 0 Å². The van der Waals surface area contributed by atoms with E-state index >= 15 is 0 Å². The zero-order valence-electron chi connectivity index (χ0n) is 15.7. The van der Waals surface area contributed by atoms with Crippen LogP contribution in [0.4, 0.5) is 0 Å². The molecule has 1 amide bonds. The predicted molar refractivity (Wildman–Crippen MR) is 101 cm³/mol. The Balaban J connectivity index is 1.64. The number of carbonyl (C=O) groups excluding carboxylic acids is 2. The largest absolute Gasteiger partial charge is 0.452 e. The number of nitrogens with one attached hydrogen (secondary N) is 1. The summed E-state index contributed by atoms with van der Waals surface area (Å²) in [6.07, 6.45) is 4.50. The third-order valence-corrected chi connectivity index (χ3v) is 5.21. The van der Waals surface area contributed by atoms with Crippen LogP contribution in [0.25, 0.3) is 10.8 Å². The zero-order chi connectivity index (χ0) is 19.4. The number of likely N-dealkylation sites (N-methyl/N-ethyl adjacent to an activating group) is 1. The van der Waals surface area contributed by atoms with Gasteiger partial charge in [0.15, 0.2) is 6.10 Å². The molecule has 0 radical (unpaired) electrons. The van der Waals surface area contributed by atoms with Gasteiger partial charge in [-0.25, -0.2) is 5.10 Å². The van der Waals surface area contributed by atoms with E-state index in [9.17, 15) is 14.4 Å². The van der Waals surface area contributed by atoms with Crippen molar-refractivity contribution >= 4 is 22.6 Å². The van der Waals surface area contributed by atoms with Gasteiger partial charge in [0.2, 0.25) is 0 Å². The van der Waals surface area contributed by atoms with Crippen molar-refractivity contribution in [1.29, 1.82) is 0 Å². The molecule has 0 saturated heterocycles. The average Bonchev–Trinajstić information content (AvgIpc) is 2.69. The summed E-state index contributed by atoms with van der Waals surface area (Å²) >= 11 is 0. The first-order valence-electron chi connectivity index (χ1n) is 9.40. The first-order valence-corrected chi connectivity index (χ1v) is 9.40. The summed E-state index contributed by atoms with van der Waals surface area (Å²) in [6, 6.07) is 7.17.